The minimum Gasteiger partial charge on any atom is -0.445 e. The number of nitrogens with zero attached hydrogens (tertiary/aromatic N) is 2. The molecule has 0 spiro atoms. The molecule has 0 aromatic carbocycles. The molecule has 3 fully saturated rings. The molecule has 0 bridgehead atoms. The standard InChI is InChI=1S/C25H33F2N3O2/c1-4-5-6-7-8-10-17(2)24(13-14-24)21-20(18-11-9-12-18)22(30(3)29-21)28-23(31)32-19-15-25(26,27)16-19/h4-6,10,18-19H,1,7-9,11-16H2,2-3H3,(H,28,31)/b6-5?,17-10+. The molecule has 0 aliphatic heterocycles. The van der Waals surface area contributed by atoms with Gasteiger partial charge in [-0.25, -0.2) is 13.6 Å². The van der Waals surface area contributed by atoms with Crippen LogP contribution in [0.15, 0.2) is 36.5 Å². The van der Waals surface area contributed by atoms with Crippen LogP contribution in [0.3, 0.4) is 0 Å². The van der Waals surface area contributed by atoms with Crippen molar-refractivity contribution in [1.29, 1.82) is 0 Å². The Bertz CT molecular complexity index is 931. The van der Waals surface area contributed by atoms with Gasteiger partial charge in [-0.15, -0.1) is 0 Å². The third kappa shape index (κ3) is 4.52. The van der Waals surface area contributed by atoms with E-state index in [0.29, 0.717) is 11.7 Å². The van der Waals surface area contributed by atoms with Crippen LogP contribution in [0.25, 0.3) is 0 Å². The lowest BCUT2D eigenvalue weighted by molar-refractivity contribution is -0.142. The Balaban J connectivity index is 1.53. The largest absolute Gasteiger partial charge is 0.445 e. The lowest BCUT2D eigenvalue weighted by Gasteiger charge is -2.34. The number of carbonyl (C=O) groups is 1. The van der Waals surface area contributed by atoms with Crippen LogP contribution >= 0.6 is 0 Å². The molecule has 0 radical (unpaired) electrons. The summed E-state index contributed by atoms with van der Waals surface area (Å²) in [6.45, 7) is 5.88. The van der Waals surface area contributed by atoms with Gasteiger partial charge < -0.3 is 4.74 Å². The Morgan fingerprint density at radius 3 is 2.59 bits per heavy atom. The Morgan fingerprint density at radius 1 is 1.31 bits per heavy atom. The summed E-state index contributed by atoms with van der Waals surface area (Å²) in [6.07, 6.45) is 13.3. The summed E-state index contributed by atoms with van der Waals surface area (Å²) >= 11 is 0. The first-order valence-corrected chi connectivity index (χ1v) is 11.6. The molecule has 32 heavy (non-hydrogen) atoms. The van der Waals surface area contributed by atoms with E-state index in [-0.39, 0.29) is 5.41 Å². The number of hydrogen-bond acceptors (Lipinski definition) is 3. The van der Waals surface area contributed by atoms with Gasteiger partial charge >= 0.3 is 6.09 Å². The highest BCUT2D eigenvalue weighted by Gasteiger charge is 2.51. The molecule has 174 valence electrons. The number of ether oxygens (including phenoxy) is 1. The van der Waals surface area contributed by atoms with Crippen molar-refractivity contribution in [2.24, 2.45) is 7.05 Å². The topological polar surface area (TPSA) is 56.2 Å². The predicted molar refractivity (Wildman–Crippen MR) is 121 cm³/mol. The van der Waals surface area contributed by atoms with Crippen molar-refractivity contribution in [3.05, 3.63) is 47.7 Å². The van der Waals surface area contributed by atoms with Crippen LogP contribution in [0.5, 0.6) is 0 Å². The second-order valence-corrected chi connectivity index (χ2v) is 9.49. The second kappa shape index (κ2) is 8.83. The Hall–Kier alpha value is -2.44. The first-order valence-electron chi connectivity index (χ1n) is 11.6. The summed E-state index contributed by atoms with van der Waals surface area (Å²) in [5.74, 6) is -1.71. The first kappa shape index (κ1) is 22.7. The fraction of sp³-hybridized carbons (Fsp3) is 0.600. The molecule has 1 heterocycles. The lowest BCUT2D eigenvalue weighted by Crippen LogP contribution is -2.43. The molecular formula is C25H33F2N3O2. The van der Waals surface area contributed by atoms with E-state index in [1.165, 1.54) is 5.57 Å². The summed E-state index contributed by atoms with van der Waals surface area (Å²) in [5.41, 5.74) is 3.43. The predicted octanol–water partition coefficient (Wildman–Crippen LogP) is 6.53. The molecule has 4 rings (SSSR count). The van der Waals surface area contributed by atoms with Crippen LogP contribution in [0.4, 0.5) is 19.4 Å². The Labute approximate surface area is 188 Å². The monoisotopic (exact) mass is 445 g/mol. The molecule has 1 aromatic rings. The van der Waals surface area contributed by atoms with Crippen molar-refractivity contribution in [2.45, 2.75) is 88.1 Å². The number of alkyl halides is 2. The summed E-state index contributed by atoms with van der Waals surface area (Å²) in [7, 11) is 1.83. The molecule has 0 atom stereocenters. The minimum atomic E-state index is -2.72. The number of rotatable bonds is 9. The van der Waals surface area contributed by atoms with Crippen molar-refractivity contribution in [2.75, 3.05) is 5.32 Å². The van der Waals surface area contributed by atoms with Crippen LogP contribution in [0.2, 0.25) is 0 Å². The van der Waals surface area contributed by atoms with E-state index >= 15 is 0 Å². The van der Waals surface area contributed by atoms with Gasteiger partial charge in [0.05, 0.1) is 5.69 Å². The van der Waals surface area contributed by atoms with Crippen molar-refractivity contribution in [1.82, 2.24) is 9.78 Å². The van der Waals surface area contributed by atoms with Gasteiger partial charge in [0, 0.05) is 30.9 Å². The zero-order valence-corrected chi connectivity index (χ0v) is 19.0. The Morgan fingerprint density at radius 2 is 2.03 bits per heavy atom. The highest BCUT2D eigenvalue weighted by atomic mass is 19.3. The second-order valence-electron chi connectivity index (χ2n) is 9.49. The first-order chi connectivity index (χ1) is 15.3. The fourth-order valence-corrected chi connectivity index (χ4v) is 4.82. The maximum absolute atomic E-state index is 13.1. The summed E-state index contributed by atoms with van der Waals surface area (Å²) < 4.78 is 33.1. The van der Waals surface area contributed by atoms with Gasteiger partial charge in [0.2, 0.25) is 0 Å². The normalized spacial score (nSPS) is 22.3. The molecular weight excluding hydrogens is 412 g/mol. The highest BCUT2D eigenvalue weighted by Crippen LogP contribution is 2.57. The minimum absolute atomic E-state index is 0.0648. The van der Waals surface area contributed by atoms with E-state index < -0.39 is 31.0 Å². The molecule has 3 aliphatic carbocycles. The number of allylic oxidation sites excluding steroid dienone is 5. The van der Waals surface area contributed by atoms with Gasteiger partial charge in [-0.1, -0.05) is 42.9 Å². The average Bonchev–Trinajstić information content (AvgIpc) is 3.42. The molecule has 1 aromatic heterocycles. The number of hydrogen-bond donors (Lipinski definition) is 1. The van der Waals surface area contributed by atoms with Crippen LogP contribution < -0.4 is 5.32 Å². The van der Waals surface area contributed by atoms with Crippen LogP contribution in [0.1, 0.15) is 81.9 Å². The highest BCUT2D eigenvalue weighted by molar-refractivity contribution is 5.85. The third-order valence-corrected chi connectivity index (χ3v) is 7.16. The number of nitrogens with one attached hydrogen (secondary N) is 1. The lowest BCUT2D eigenvalue weighted by atomic mass is 9.76. The van der Waals surface area contributed by atoms with Crippen LogP contribution in [-0.4, -0.2) is 27.9 Å². The number of amides is 1. The quantitative estimate of drug-likeness (QED) is 0.267. The SMILES string of the molecule is C=CC=CCC/C=C(\C)C1(c2nn(C)c(NC(=O)OC3CC(F)(F)C3)c2C2CCC2)CC1. The average molecular weight is 446 g/mol. The molecule has 1 N–H and O–H groups in total. The number of aromatic nitrogens is 2. The number of unbranched alkanes of at least 4 members (excludes halogenated alkanes) is 1. The summed E-state index contributed by atoms with van der Waals surface area (Å²) in [5, 5.41) is 7.71. The maximum atomic E-state index is 13.1. The van der Waals surface area contributed by atoms with Gasteiger partial charge in [-0.3, -0.25) is 10.00 Å². The third-order valence-electron chi connectivity index (χ3n) is 7.16. The van der Waals surface area contributed by atoms with E-state index in [1.807, 2.05) is 13.1 Å². The van der Waals surface area contributed by atoms with Crippen molar-refractivity contribution in [3.63, 3.8) is 0 Å². The van der Waals surface area contributed by atoms with Crippen LogP contribution in [0, 0.1) is 0 Å². The molecule has 3 saturated carbocycles. The van der Waals surface area contributed by atoms with Gasteiger partial charge in [-0.05, 0) is 51.4 Å². The molecule has 0 saturated heterocycles. The molecule has 5 nitrogen and oxygen atoms in total. The zero-order chi connectivity index (χ0) is 22.9. The van der Waals surface area contributed by atoms with Gasteiger partial charge in [0.1, 0.15) is 11.9 Å². The molecule has 0 unspecified atom stereocenters. The summed E-state index contributed by atoms with van der Waals surface area (Å²) in [6, 6.07) is 0. The smallest absolute Gasteiger partial charge is 0.413 e. The Kier molecular flexibility index (Phi) is 6.28. The van der Waals surface area contributed by atoms with Gasteiger partial charge in [-0.2, -0.15) is 5.10 Å². The summed E-state index contributed by atoms with van der Waals surface area (Å²) in [4.78, 5) is 12.5. The van der Waals surface area contributed by atoms with Crippen LogP contribution in [-0.2, 0) is 17.2 Å². The number of carbonyl (C=O) groups excluding carboxylic acids is 1. The van der Waals surface area contributed by atoms with Gasteiger partial charge in [0.15, 0.2) is 0 Å². The zero-order valence-electron chi connectivity index (χ0n) is 19.0. The molecule has 3 aliphatic rings. The van der Waals surface area contributed by atoms with Crippen molar-refractivity contribution >= 4 is 11.9 Å². The maximum Gasteiger partial charge on any atom is 0.413 e. The number of aryl methyl sites for hydroxylation is 1. The van der Waals surface area contributed by atoms with E-state index in [0.717, 1.165) is 56.2 Å². The van der Waals surface area contributed by atoms with Crippen molar-refractivity contribution in [3.8, 4) is 0 Å². The van der Waals surface area contributed by atoms with E-state index in [9.17, 15) is 13.6 Å². The molecule has 1 amide bonds. The molecule has 7 heteroatoms. The number of anilines is 1. The fourth-order valence-electron chi connectivity index (χ4n) is 4.82. The number of halogens is 2. The van der Waals surface area contributed by atoms with Gasteiger partial charge in [0.25, 0.3) is 5.92 Å². The van der Waals surface area contributed by atoms with E-state index in [4.69, 9.17) is 9.84 Å². The van der Waals surface area contributed by atoms with E-state index in [1.54, 1.807) is 10.8 Å². The van der Waals surface area contributed by atoms with Crippen molar-refractivity contribution < 1.29 is 18.3 Å². The van der Waals surface area contributed by atoms with E-state index in [2.05, 4.69) is 31.0 Å².